The Morgan fingerprint density at radius 3 is 3.12 bits per heavy atom. The first-order chi connectivity index (χ1) is 8.20. The number of methoxy groups -OCH3 is 1. The lowest BCUT2D eigenvalue weighted by Gasteiger charge is -2.31. The van der Waals surface area contributed by atoms with Crippen molar-refractivity contribution in [2.24, 2.45) is 0 Å². The van der Waals surface area contributed by atoms with Gasteiger partial charge in [0.2, 0.25) is 0 Å². The molecule has 0 aromatic heterocycles. The lowest BCUT2D eigenvalue weighted by molar-refractivity contribution is 0.0600. The monoisotopic (exact) mass is 255 g/mol. The highest BCUT2D eigenvalue weighted by Crippen LogP contribution is 2.20. The molecule has 0 spiro atoms. The Bertz CT molecular complexity index is 410. The second-order valence-corrected chi connectivity index (χ2v) is 4.26. The van der Waals surface area contributed by atoms with Gasteiger partial charge >= 0.3 is 5.97 Å². The minimum Gasteiger partial charge on any atom is -0.465 e. The molecule has 0 bridgehead atoms. The molecular weight excluding hydrogens is 242 g/mol. The summed E-state index contributed by atoms with van der Waals surface area (Å²) in [5, 5.41) is 0. The van der Waals surface area contributed by atoms with E-state index in [4.69, 9.17) is 21.1 Å². The largest absolute Gasteiger partial charge is 0.465 e. The fraction of sp³-hybridized carbons (Fsp3) is 0.417. The maximum Gasteiger partial charge on any atom is 0.337 e. The summed E-state index contributed by atoms with van der Waals surface area (Å²) in [7, 11) is 1.37. The molecule has 1 fully saturated rings. The third-order valence-electron chi connectivity index (χ3n) is 2.66. The van der Waals surface area contributed by atoms with Crippen LogP contribution in [-0.4, -0.2) is 38.3 Å². The summed E-state index contributed by atoms with van der Waals surface area (Å²) < 4.78 is 9.95. The van der Waals surface area contributed by atoms with Gasteiger partial charge < -0.3 is 14.4 Å². The maximum atomic E-state index is 11.4. The zero-order chi connectivity index (χ0) is 12.3. The Hall–Kier alpha value is -1.26. The van der Waals surface area contributed by atoms with Gasteiger partial charge in [-0.3, -0.25) is 0 Å². The van der Waals surface area contributed by atoms with Crippen molar-refractivity contribution in [1.82, 2.24) is 0 Å². The van der Waals surface area contributed by atoms with E-state index in [1.54, 1.807) is 12.1 Å². The highest BCUT2D eigenvalue weighted by atomic mass is 35.5. The number of morpholine rings is 1. The van der Waals surface area contributed by atoms with Crippen LogP contribution in [0.5, 0.6) is 0 Å². The molecule has 4 nitrogen and oxygen atoms in total. The molecule has 1 heterocycles. The number of hydrogen-bond acceptors (Lipinski definition) is 4. The van der Waals surface area contributed by atoms with Crippen LogP contribution in [0, 0.1) is 0 Å². The zero-order valence-electron chi connectivity index (χ0n) is 9.56. The van der Waals surface area contributed by atoms with Crippen molar-refractivity contribution in [3.05, 3.63) is 29.8 Å². The maximum absolute atomic E-state index is 11.4. The lowest BCUT2D eigenvalue weighted by Crippen LogP contribution is -2.40. The smallest absolute Gasteiger partial charge is 0.337 e. The molecule has 1 aliphatic rings. The van der Waals surface area contributed by atoms with Gasteiger partial charge in [0, 0.05) is 12.2 Å². The number of anilines is 1. The van der Waals surface area contributed by atoms with Gasteiger partial charge in [-0.05, 0) is 18.2 Å². The van der Waals surface area contributed by atoms with Gasteiger partial charge in [-0.25, -0.2) is 4.79 Å². The third kappa shape index (κ3) is 2.90. The molecule has 1 aromatic carbocycles. The summed E-state index contributed by atoms with van der Waals surface area (Å²) in [6.45, 7) is 1.98. The number of carbonyl (C=O) groups excluding carboxylic acids is 1. The van der Waals surface area contributed by atoms with Crippen LogP contribution in [0.1, 0.15) is 10.4 Å². The van der Waals surface area contributed by atoms with Crippen LogP contribution in [0.25, 0.3) is 0 Å². The van der Waals surface area contributed by atoms with E-state index in [-0.39, 0.29) is 11.5 Å². The molecule has 1 atom stereocenters. The van der Waals surface area contributed by atoms with E-state index in [0.717, 1.165) is 12.2 Å². The Morgan fingerprint density at radius 2 is 2.41 bits per heavy atom. The van der Waals surface area contributed by atoms with Crippen molar-refractivity contribution in [1.29, 1.82) is 0 Å². The summed E-state index contributed by atoms with van der Waals surface area (Å²) in [6.07, 6.45) is 0. The van der Waals surface area contributed by atoms with Crippen LogP contribution in [0.3, 0.4) is 0 Å². The van der Waals surface area contributed by atoms with Gasteiger partial charge in [-0.15, -0.1) is 0 Å². The summed E-state index contributed by atoms with van der Waals surface area (Å²) in [4.78, 5) is 13.5. The molecule has 0 aliphatic carbocycles. The van der Waals surface area contributed by atoms with E-state index in [1.165, 1.54) is 7.11 Å². The normalized spacial score (nSPS) is 20.1. The van der Waals surface area contributed by atoms with Crippen molar-refractivity contribution < 1.29 is 14.3 Å². The standard InChI is InChI=1S/C12H14ClNO3/c1-16-12(15)9-3-2-4-10(7-9)14-5-6-17-11(13)8-14/h2-4,7,11H,5-6,8H2,1H3. The summed E-state index contributed by atoms with van der Waals surface area (Å²) in [5.74, 6) is -0.331. The van der Waals surface area contributed by atoms with Crippen LogP contribution >= 0.6 is 11.6 Å². The number of ether oxygens (including phenoxy) is 2. The van der Waals surface area contributed by atoms with Crippen LogP contribution < -0.4 is 4.90 Å². The number of carbonyl (C=O) groups is 1. The van der Waals surface area contributed by atoms with Crippen LogP contribution in [-0.2, 0) is 9.47 Å². The molecule has 0 saturated carbocycles. The molecule has 1 saturated heterocycles. The topological polar surface area (TPSA) is 38.8 Å². The summed E-state index contributed by atoms with van der Waals surface area (Å²) in [6, 6.07) is 7.32. The van der Waals surface area contributed by atoms with Crippen molar-refractivity contribution in [3.63, 3.8) is 0 Å². The van der Waals surface area contributed by atoms with Crippen LogP contribution in [0.2, 0.25) is 0 Å². The number of alkyl halides is 1. The molecule has 1 aliphatic heterocycles. The molecule has 5 heteroatoms. The first kappa shape index (κ1) is 12.2. The first-order valence-corrected chi connectivity index (χ1v) is 5.83. The quantitative estimate of drug-likeness (QED) is 0.597. The Kier molecular flexibility index (Phi) is 3.86. The number of benzene rings is 1. The predicted octanol–water partition coefficient (Wildman–Crippen LogP) is 1.87. The molecule has 2 rings (SSSR count). The molecule has 1 aromatic rings. The number of hydrogen-bond donors (Lipinski definition) is 0. The summed E-state index contributed by atoms with van der Waals surface area (Å²) in [5.41, 5.74) is 1.20. The first-order valence-electron chi connectivity index (χ1n) is 5.39. The number of rotatable bonds is 2. The third-order valence-corrected chi connectivity index (χ3v) is 2.92. The average molecular weight is 256 g/mol. The lowest BCUT2D eigenvalue weighted by atomic mass is 10.2. The fourth-order valence-electron chi connectivity index (χ4n) is 1.79. The van der Waals surface area contributed by atoms with Gasteiger partial charge in [-0.2, -0.15) is 0 Å². The molecule has 0 amide bonds. The van der Waals surface area contributed by atoms with Gasteiger partial charge in [0.05, 0.1) is 25.8 Å². The number of esters is 1. The number of halogens is 1. The van der Waals surface area contributed by atoms with Crippen molar-refractivity contribution in [2.75, 3.05) is 31.7 Å². The van der Waals surface area contributed by atoms with E-state index in [0.29, 0.717) is 18.7 Å². The SMILES string of the molecule is COC(=O)c1cccc(N2CCOC(Cl)C2)c1. The second-order valence-electron chi connectivity index (χ2n) is 3.77. The molecule has 0 radical (unpaired) electrons. The van der Waals surface area contributed by atoms with E-state index < -0.39 is 0 Å². The fourth-order valence-corrected chi connectivity index (χ4v) is 2.05. The average Bonchev–Trinajstić information content (AvgIpc) is 2.38. The summed E-state index contributed by atoms with van der Waals surface area (Å²) >= 11 is 5.94. The van der Waals surface area contributed by atoms with Crippen molar-refractivity contribution in [3.8, 4) is 0 Å². The van der Waals surface area contributed by atoms with Crippen molar-refractivity contribution in [2.45, 2.75) is 5.56 Å². The molecule has 1 unspecified atom stereocenters. The van der Waals surface area contributed by atoms with E-state index in [9.17, 15) is 4.79 Å². The van der Waals surface area contributed by atoms with Crippen molar-refractivity contribution >= 4 is 23.3 Å². The van der Waals surface area contributed by atoms with Gasteiger partial charge in [0.1, 0.15) is 5.56 Å². The highest BCUT2D eigenvalue weighted by molar-refractivity contribution is 6.20. The molecule has 17 heavy (non-hydrogen) atoms. The Labute approximate surface area is 105 Å². The highest BCUT2D eigenvalue weighted by Gasteiger charge is 2.19. The number of nitrogens with zero attached hydrogens (tertiary/aromatic N) is 1. The van der Waals surface area contributed by atoms with E-state index in [1.807, 2.05) is 12.1 Å². The molecular formula is C12H14ClNO3. The van der Waals surface area contributed by atoms with Gasteiger partial charge in [0.25, 0.3) is 0 Å². The van der Waals surface area contributed by atoms with Crippen LogP contribution in [0.4, 0.5) is 5.69 Å². The Morgan fingerprint density at radius 1 is 1.59 bits per heavy atom. The van der Waals surface area contributed by atoms with E-state index >= 15 is 0 Å². The zero-order valence-corrected chi connectivity index (χ0v) is 10.3. The van der Waals surface area contributed by atoms with Gasteiger partial charge in [0.15, 0.2) is 0 Å². The van der Waals surface area contributed by atoms with E-state index in [2.05, 4.69) is 4.90 Å². The molecule has 92 valence electrons. The second kappa shape index (κ2) is 5.38. The Balaban J connectivity index is 2.17. The molecule has 0 N–H and O–H groups in total. The van der Waals surface area contributed by atoms with Gasteiger partial charge in [-0.1, -0.05) is 17.7 Å². The predicted molar refractivity (Wildman–Crippen MR) is 65.6 cm³/mol. The van der Waals surface area contributed by atoms with Crippen LogP contribution in [0.15, 0.2) is 24.3 Å². The minimum absolute atomic E-state index is 0.300. The minimum atomic E-state index is -0.331.